The Morgan fingerprint density at radius 3 is 2.92 bits per heavy atom. The number of H-pyrrole nitrogens is 1. The van der Waals surface area contributed by atoms with Crippen LogP contribution in [0.25, 0.3) is 10.8 Å². The van der Waals surface area contributed by atoms with Crippen LogP contribution in [0.5, 0.6) is 5.88 Å². The first-order chi connectivity index (χ1) is 11.6. The van der Waals surface area contributed by atoms with E-state index >= 15 is 0 Å². The van der Waals surface area contributed by atoms with E-state index in [1.165, 1.54) is 0 Å². The summed E-state index contributed by atoms with van der Waals surface area (Å²) in [7, 11) is 0. The van der Waals surface area contributed by atoms with Crippen molar-refractivity contribution >= 4 is 38.8 Å². The number of halogens is 1. The third kappa shape index (κ3) is 3.51. The molecule has 1 aliphatic heterocycles. The molecule has 7 heteroatoms. The molecule has 2 aromatic rings. The number of rotatable bonds is 5. The highest BCUT2D eigenvalue weighted by molar-refractivity contribution is 9.10. The van der Waals surface area contributed by atoms with Gasteiger partial charge in [0.15, 0.2) is 0 Å². The van der Waals surface area contributed by atoms with Crippen LogP contribution < -0.4 is 5.56 Å². The first-order valence-electron chi connectivity index (χ1n) is 7.88. The van der Waals surface area contributed by atoms with E-state index in [4.69, 9.17) is 0 Å². The standard InChI is InChI=1S/C17H18BrN3O3/c18-11-4-5-12-13(9-11)14(17(24)20-16(12)23)10-19-6-2-8-21-7-1-3-15(21)22/h4-5,9-10H,1-3,6-8H2,(H2,20,23,24). The van der Waals surface area contributed by atoms with Crippen molar-refractivity contribution in [3.05, 3.63) is 38.6 Å². The lowest BCUT2D eigenvalue weighted by atomic mass is 10.1. The van der Waals surface area contributed by atoms with Gasteiger partial charge in [0.25, 0.3) is 5.56 Å². The smallest absolute Gasteiger partial charge is 0.258 e. The quantitative estimate of drug-likeness (QED) is 0.606. The van der Waals surface area contributed by atoms with Crippen LogP contribution in [0.4, 0.5) is 0 Å². The fourth-order valence-corrected chi connectivity index (χ4v) is 3.25. The van der Waals surface area contributed by atoms with E-state index in [0.29, 0.717) is 35.8 Å². The number of pyridine rings is 1. The van der Waals surface area contributed by atoms with Crippen molar-refractivity contribution in [2.75, 3.05) is 19.6 Å². The molecular formula is C17H18BrN3O3. The number of aromatic nitrogens is 1. The van der Waals surface area contributed by atoms with Gasteiger partial charge in [-0.2, -0.15) is 0 Å². The molecule has 0 aliphatic carbocycles. The van der Waals surface area contributed by atoms with Crippen LogP contribution in [0.3, 0.4) is 0 Å². The zero-order valence-corrected chi connectivity index (χ0v) is 14.7. The molecule has 0 spiro atoms. The average molecular weight is 392 g/mol. The highest BCUT2D eigenvalue weighted by Crippen LogP contribution is 2.24. The maximum atomic E-state index is 11.9. The molecule has 1 saturated heterocycles. The minimum absolute atomic E-state index is 0.191. The minimum atomic E-state index is -0.334. The van der Waals surface area contributed by atoms with Crippen molar-refractivity contribution in [2.45, 2.75) is 19.3 Å². The number of nitrogens with zero attached hydrogens (tertiary/aromatic N) is 2. The van der Waals surface area contributed by atoms with Gasteiger partial charge in [0.1, 0.15) is 0 Å². The van der Waals surface area contributed by atoms with Crippen LogP contribution in [-0.4, -0.2) is 46.7 Å². The minimum Gasteiger partial charge on any atom is -0.494 e. The van der Waals surface area contributed by atoms with Crippen molar-refractivity contribution in [3.63, 3.8) is 0 Å². The Kier molecular flexibility index (Phi) is 4.99. The molecule has 6 nitrogen and oxygen atoms in total. The van der Waals surface area contributed by atoms with Gasteiger partial charge in [-0.25, -0.2) is 0 Å². The Morgan fingerprint density at radius 1 is 1.33 bits per heavy atom. The molecule has 0 unspecified atom stereocenters. The van der Waals surface area contributed by atoms with E-state index in [-0.39, 0.29) is 17.3 Å². The number of hydrogen-bond acceptors (Lipinski definition) is 4. The number of fused-ring (bicyclic) bond motifs is 1. The molecule has 1 aliphatic rings. The lowest BCUT2D eigenvalue weighted by molar-refractivity contribution is -0.127. The number of aromatic amines is 1. The first kappa shape index (κ1) is 16.7. The van der Waals surface area contributed by atoms with Gasteiger partial charge in [-0.3, -0.25) is 19.6 Å². The number of hydrogen-bond donors (Lipinski definition) is 2. The molecule has 0 bridgehead atoms. The molecule has 0 radical (unpaired) electrons. The van der Waals surface area contributed by atoms with Gasteiger partial charge in [-0.05, 0) is 31.0 Å². The Balaban J connectivity index is 1.73. The lowest BCUT2D eigenvalue weighted by Crippen LogP contribution is -2.26. The molecule has 126 valence electrons. The number of nitrogens with one attached hydrogen (secondary N) is 1. The number of aliphatic imine (C=N–C) groups is 1. The van der Waals surface area contributed by atoms with Gasteiger partial charge in [-0.15, -0.1) is 0 Å². The fraction of sp³-hybridized carbons (Fsp3) is 0.353. The first-order valence-corrected chi connectivity index (χ1v) is 8.67. The highest BCUT2D eigenvalue weighted by Gasteiger charge is 2.18. The molecule has 3 rings (SSSR count). The van der Waals surface area contributed by atoms with E-state index in [1.807, 2.05) is 4.90 Å². The zero-order chi connectivity index (χ0) is 17.1. The maximum Gasteiger partial charge on any atom is 0.258 e. The van der Waals surface area contributed by atoms with Crippen LogP contribution in [0, 0.1) is 0 Å². The Bertz CT molecular complexity index is 860. The third-order valence-corrected chi connectivity index (χ3v) is 4.60. The van der Waals surface area contributed by atoms with Gasteiger partial charge in [0.2, 0.25) is 11.8 Å². The summed E-state index contributed by atoms with van der Waals surface area (Å²) < 4.78 is 0.821. The van der Waals surface area contributed by atoms with Gasteiger partial charge in [-0.1, -0.05) is 15.9 Å². The lowest BCUT2D eigenvalue weighted by Gasteiger charge is -2.13. The molecule has 0 atom stereocenters. The Hall–Kier alpha value is -2.15. The number of likely N-dealkylation sites (tertiary alicyclic amines) is 1. The Morgan fingerprint density at radius 2 is 2.17 bits per heavy atom. The summed E-state index contributed by atoms with van der Waals surface area (Å²) >= 11 is 3.38. The highest BCUT2D eigenvalue weighted by atomic mass is 79.9. The van der Waals surface area contributed by atoms with Gasteiger partial charge < -0.3 is 10.0 Å². The van der Waals surface area contributed by atoms with Gasteiger partial charge in [0.05, 0.1) is 5.56 Å². The zero-order valence-electron chi connectivity index (χ0n) is 13.1. The topological polar surface area (TPSA) is 85.8 Å². The summed E-state index contributed by atoms with van der Waals surface area (Å²) in [6.45, 7) is 2.10. The van der Waals surface area contributed by atoms with Crippen molar-refractivity contribution < 1.29 is 9.90 Å². The molecule has 1 aromatic carbocycles. The molecule has 24 heavy (non-hydrogen) atoms. The van der Waals surface area contributed by atoms with Crippen molar-refractivity contribution in [1.29, 1.82) is 0 Å². The number of aromatic hydroxyl groups is 1. The van der Waals surface area contributed by atoms with E-state index in [1.54, 1.807) is 24.4 Å². The average Bonchev–Trinajstić information content (AvgIpc) is 2.94. The molecule has 1 aromatic heterocycles. The van der Waals surface area contributed by atoms with Crippen LogP contribution in [0.15, 0.2) is 32.5 Å². The Labute approximate surface area is 147 Å². The van der Waals surface area contributed by atoms with Crippen LogP contribution in [0.2, 0.25) is 0 Å². The number of carbonyl (C=O) groups excluding carboxylic acids is 1. The molecule has 1 fully saturated rings. The van der Waals surface area contributed by atoms with E-state index in [2.05, 4.69) is 25.9 Å². The number of benzene rings is 1. The molecule has 1 amide bonds. The van der Waals surface area contributed by atoms with Gasteiger partial charge in [0, 0.05) is 47.5 Å². The molecule has 0 saturated carbocycles. The molecule has 2 heterocycles. The van der Waals surface area contributed by atoms with E-state index in [9.17, 15) is 14.7 Å². The predicted octanol–water partition coefficient (Wildman–Crippen LogP) is 2.43. The van der Waals surface area contributed by atoms with Crippen molar-refractivity contribution in [1.82, 2.24) is 9.88 Å². The van der Waals surface area contributed by atoms with Gasteiger partial charge >= 0.3 is 0 Å². The monoisotopic (exact) mass is 391 g/mol. The summed E-state index contributed by atoms with van der Waals surface area (Å²) in [6, 6.07) is 5.27. The van der Waals surface area contributed by atoms with E-state index < -0.39 is 0 Å². The summed E-state index contributed by atoms with van der Waals surface area (Å²) in [5.74, 6) is 0.0252. The summed E-state index contributed by atoms with van der Waals surface area (Å²) in [5, 5.41) is 11.2. The fourth-order valence-electron chi connectivity index (χ4n) is 2.89. The van der Waals surface area contributed by atoms with Crippen molar-refractivity contribution in [2.24, 2.45) is 4.99 Å². The second kappa shape index (κ2) is 7.17. The number of amides is 1. The molecule has 2 N–H and O–H groups in total. The van der Waals surface area contributed by atoms with Crippen molar-refractivity contribution in [3.8, 4) is 5.88 Å². The second-order valence-electron chi connectivity index (χ2n) is 5.78. The third-order valence-electron chi connectivity index (χ3n) is 4.11. The SMILES string of the molecule is O=C1CCCN1CCCN=Cc1c(O)[nH]c(=O)c2ccc(Br)cc12. The molecular weight excluding hydrogens is 374 g/mol. The van der Waals surface area contributed by atoms with Crippen LogP contribution >= 0.6 is 15.9 Å². The van der Waals surface area contributed by atoms with Crippen LogP contribution in [-0.2, 0) is 4.79 Å². The predicted molar refractivity (Wildman–Crippen MR) is 96.8 cm³/mol. The van der Waals surface area contributed by atoms with E-state index in [0.717, 1.165) is 23.9 Å². The summed E-state index contributed by atoms with van der Waals surface area (Å²) in [5.41, 5.74) is 0.155. The maximum absolute atomic E-state index is 11.9. The largest absolute Gasteiger partial charge is 0.494 e. The summed E-state index contributed by atoms with van der Waals surface area (Å²) in [4.78, 5) is 32.1. The number of carbonyl (C=O) groups is 1. The summed E-state index contributed by atoms with van der Waals surface area (Å²) in [6.07, 6.45) is 3.93. The second-order valence-corrected chi connectivity index (χ2v) is 6.70. The van der Waals surface area contributed by atoms with Crippen LogP contribution in [0.1, 0.15) is 24.8 Å². The normalized spacial score (nSPS) is 15.0.